The van der Waals surface area contributed by atoms with E-state index in [1.54, 1.807) is 35.4 Å². The summed E-state index contributed by atoms with van der Waals surface area (Å²) >= 11 is 0. The van der Waals surface area contributed by atoms with Crippen LogP contribution in [0.2, 0.25) is 0 Å². The number of benzene rings is 1. The molecule has 0 atom stereocenters. The second-order valence-electron chi connectivity index (χ2n) is 5.52. The van der Waals surface area contributed by atoms with Crippen molar-refractivity contribution in [3.8, 4) is 0 Å². The van der Waals surface area contributed by atoms with E-state index in [1.165, 1.54) is 0 Å². The van der Waals surface area contributed by atoms with E-state index in [4.69, 9.17) is 4.42 Å². The number of H-pyrrole nitrogens is 1. The summed E-state index contributed by atoms with van der Waals surface area (Å²) in [7, 11) is 0. The van der Waals surface area contributed by atoms with E-state index in [-0.39, 0.29) is 18.0 Å². The van der Waals surface area contributed by atoms with Crippen molar-refractivity contribution in [2.75, 3.05) is 6.54 Å². The zero-order valence-electron chi connectivity index (χ0n) is 13.5. The lowest BCUT2D eigenvalue weighted by Crippen LogP contribution is -2.32. The van der Waals surface area contributed by atoms with E-state index in [0.717, 1.165) is 5.76 Å². The first kappa shape index (κ1) is 16.0. The van der Waals surface area contributed by atoms with Gasteiger partial charge in [-0.1, -0.05) is 12.1 Å². The highest BCUT2D eigenvalue weighted by Gasteiger charge is 2.14. The predicted molar refractivity (Wildman–Crippen MR) is 90.5 cm³/mol. The first-order chi connectivity index (χ1) is 11.7. The molecule has 3 aromatic rings. The Hall–Kier alpha value is -2.89. The smallest absolute Gasteiger partial charge is 0.258 e. The summed E-state index contributed by atoms with van der Waals surface area (Å²) in [6.07, 6.45) is 2.52. The van der Waals surface area contributed by atoms with Gasteiger partial charge in [0.1, 0.15) is 11.6 Å². The van der Waals surface area contributed by atoms with Crippen LogP contribution in [0.1, 0.15) is 24.9 Å². The monoisotopic (exact) mass is 325 g/mol. The van der Waals surface area contributed by atoms with Crippen molar-refractivity contribution in [2.45, 2.75) is 26.3 Å². The molecule has 0 fully saturated rings. The Balaban J connectivity index is 1.72. The fraction of sp³-hybridized carbons (Fsp3) is 0.278. The van der Waals surface area contributed by atoms with Gasteiger partial charge in [0.2, 0.25) is 5.91 Å². The molecule has 1 amide bonds. The Labute approximate surface area is 139 Å². The molecule has 124 valence electrons. The molecule has 6 heteroatoms. The number of hydrogen-bond acceptors (Lipinski definition) is 4. The van der Waals surface area contributed by atoms with Crippen molar-refractivity contribution >= 4 is 16.8 Å². The van der Waals surface area contributed by atoms with E-state index in [9.17, 15) is 9.59 Å². The average Bonchev–Trinajstić information content (AvgIpc) is 3.11. The summed E-state index contributed by atoms with van der Waals surface area (Å²) in [5.74, 6) is 1.29. The molecule has 0 radical (unpaired) electrons. The van der Waals surface area contributed by atoms with Crippen LogP contribution in [0.3, 0.4) is 0 Å². The van der Waals surface area contributed by atoms with Gasteiger partial charge in [-0.2, -0.15) is 0 Å². The van der Waals surface area contributed by atoms with Crippen LogP contribution >= 0.6 is 0 Å². The minimum absolute atomic E-state index is 0.00436. The molecule has 0 spiro atoms. The summed E-state index contributed by atoms with van der Waals surface area (Å²) in [6, 6.07) is 10.8. The summed E-state index contributed by atoms with van der Waals surface area (Å²) in [5.41, 5.74) is 0.449. The summed E-state index contributed by atoms with van der Waals surface area (Å²) in [6.45, 7) is 2.74. The molecular formula is C18H19N3O3. The van der Waals surface area contributed by atoms with E-state index < -0.39 is 0 Å². The number of furan rings is 1. The van der Waals surface area contributed by atoms with E-state index in [2.05, 4.69) is 9.97 Å². The van der Waals surface area contributed by atoms with E-state index >= 15 is 0 Å². The number of hydrogen-bond donors (Lipinski definition) is 1. The number of fused-ring (bicyclic) bond motifs is 1. The van der Waals surface area contributed by atoms with Gasteiger partial charge in [0.25, 0.3) is 5.56 Å². The fourth-order valence-electron chi connectivity index (χ4n) is 2.61. The standard InChI is InChI=1S/C18H19N3O3/c1-2-21(17(22)10-9-13-6-5-11-24-13)12-16-19-15-8-4-3-7-14(15)18(23)20-16/h3-8,11H,2,9-10,12H2,1H3,(H,19,20,23). The third-order valence-electron chi connectivity index (χ3n) is 3.90. The number of aromatic nitrogens is 2. The lowest BCUT2D eigenvalue weighted by molar-refractivity contribution is -0.131. The fourth-order valence-corrected chi connectivity index (χ4v) is 2.61. The second kappa shape index (κ2) is 7.12. The van der Waals surface area contributed by atoms with Gasteiger partial charge in [-0.15, -0.1) is 0 Å². The number of rotatable bonds is 6. The molecule has 1 N–H and O–H groups in total. The van der Waals surface area contributed by atoms with Crippen LogP contribution in [0.4, 0.5) is 0 Å². The van der Waals surface area contributed by atoms with Gasteiger partial charge in [-0.25, -0.2) is 4.98 Å². The van der Waals surface area contributed by atoms with Crippen LogP contribution in [0, 0.1) is 0 Å². The molecule has 0 unspecified atom stereocenters. The van der Waals surface area contributed by atoms with Gasteiger partial charge in [0.05, 0.1) is 23.7 Å². The van der Waals surface area contributed by atoms with Gasteiger partial charge in [0, 0.05) is 19.4 Å². The number of aromatic amines is 1. The molecule has 2 aromatic heterocycles. The maximum atomic E-state index is 12.4. The van der Waals surface area contributed by atoms with Gasteiger partial charge >= 0.3 is 0 Å². The summed E-state index contributed by atoms with van der Waals surface area (Å²) < 4.78 is 5.25. The lowest BCUT2D eigenvalue weighted by Gasteiger charge is -2.20. The number of carbonyl (C=O) groups excluding carboxylic acids is 1. The first-order valence-electron chi connectivity index (χ1n) is 7.95. The molecule has 1 aromatic carbocycles. The third kappa shape index (κ3) is 3.53. The predicted octanol–water partition coefficient (Wildman–Crippen LogP) is 2.50. The van der Waals surface area contributed by atoms with Gasteiger partial charge in [0.15, 0.2) is 0 Å². The Morgan fingerprint density at radius 1 is 1.25 bits per heavy atom. The number of para-hydroxylation sites is 1. The topological polar surface area (TPSA) is 79.2 Å². The third-order valence-corrected chi connectivity index (χ3v) is 3.90. The maximum absolute atomic E-state index is 12.4. The van der Waals surface area contributed by atoms with E-state index in [0.29, 0.717) is 36.1 Å². The van der Waals surface area contributed by atoms with Crippen LogP contribution in [-0.4, -0.2) is 27.3 Å². The minimum atomic E-state index is -0.185. The Kier molecular flexibility index (Phi) is 4.74. The van der Waals surface area contributed by atoms with Crippen LogP contribution in [-0.2, 0) is 17.8 Å². The highest BCUT2D eigenvalue weighted by atomic mass is 16.3. The van der Waals surface area contributed by atoms with Crippen LogP contribution in [0.25, 0.3) is 10.9 Å². The molecular weight excluding hydrogens is 306 g/mol. The molecule has 3 rings (SSSR count). The van der Waals surface area contributed by atoms with Crippen molar-refractivity contribution in [2.24, 2.45) is 0 Å². The maximum Gasteiger partial charge on any atom is 0.258 e. The summed E-state index contributed by atoms with van der Waals surface area (Å²) in [4.78, 5) is 33.4. The SMILES string of the molecule is CCN(Cc1nc2ccccc2c(=O)[nH]1)C(=O)CCc1ccco1. The average molecular weight is 325 g/mol. The molecule has 0 aliphatic rings. The molecule has 6 nitrogen and oxygen atoms in total. The molecule has 0 saturated carbocycles. The van der Waals surface area contributed by atoms with Gasteiger partial charge in [-0.05, 0) is 31.2 Å². The summed E-state index contributed by atoms with van der Waals surface area (Å²) in [5, 5.41) is 0.549. The minimum Gasteiger partial charge on any atom is -0.469 e. The lowest BCUT2D eigenvalue weighted by atomic mass is 10.2. The Bertz CT molecular complexity index is 884. The Morgan fingerprint density at radius 2 is 2.08 bits per heavy atom. The van der Waals surface area contributed by atoms with Crippen molar-refractivity contribution in [3.63, 3.8) is 0 Å². The number of aryl methyl sites for hydroxylation is 1. The number of amides is 1. The second-order valence-corrected chi connectivity index (χ2v) is 5.52. The number of nitrogens with one attached hydrogen (secondary N) is 1. The van der Waals surface area contributed by atoms with Crippen molar-refractivity contribution in [1.29, 1.82) is 0 Å². The molecule has 0 aliphatic carbocycles. The van der Waals surface area contributed by atoms with Gasteiger partial charge in [-0.3, -0.25) is 9.59 Å². The zero-order valence-corrected chi connectivity index (χ0v) is 13.5. The van der Waals surface area contributed by atoms with Gasteiger partial charge < -0.3 is 14.3 Å². The molecule has 0 aliphatic heterocycles. The largest absolute Gasteiger partial charge is 0.469 e. The molecule has 2 heterocycles. The highest BCUT2D eigenvalue weighted by Crippen LogP contribution is 2.09. The van der Waals surface area contributed by atoms with Crippen molar-refractivity contribution in [3.05, 3.63) is 64.6 Å². The van der Waals surface area contributed by atoms with E-state index in [1.807, 2.05) is 19.1 Å². The molecule has 24 heavy (non-hydrogen) atoms. The first-order valence-corrected chi connectivity index (χ1v) is 7.95. The van der Waals surface area contributed by atoms with Crippen LogP contribution in [0.5, 0.6) is 0 Å². The van der Waals surface area contributed by atoms with Crippen molar-refractivity contribution in [1.82, 2.24) is 14.9 Å². The van der Waals surface area contributed by atoms with Crippen LogP contribution in [0.15, 0.2) is 51.9 Å². The number of nitrogens with zero attached hydrogens (tertiary/aromatic N) is 2. The zero-order chi connectivity index (χ0) is 16.9. The quantitative estimate of drug-likeness (QED) is 0.755. The van der Waals surface area contributed by atoms with Crippen molar-refractivity contribution < 1.29 is 9.21 Å². The molecule has 0 bridgehead atoms. The highest BCUT2D eigenvalue weighted by molar-refractivity contribution is 5.78. The number of carbonyl (C=O) groups is 1. The normalized spacial score (nSPS) is 10.9. The Morgan fingerprint density at radius 3 is 2.83 bits per heavy atom. The van der Waals surface area contributed by atoms with Crippen LogP contribution < -0.4 is 5.56 Å². The molecule has 0 saturated heterocycles.